The second-order valence-electron chi connectivity index (χ2n) is 7.08. The zero-order chi connectivity index (χ0) is 17.8. The fraction of sp³-hybridized carbons (Fsp3) is 0.300. The summed E-state index contributed by atoms with van der Waals surface area (Å²) in [6.07, 6.45) is 1.92. The molecule has 0 saturated heterocycles. The van der Waals surface area contributed by atoms with Gasteiger partial charge < -0.3 is 5.32 Å². The summed E-state index contributed by atoms with van der Waals surface area (Å²) in [6, 6.07) is 13.1. The van der Waals surface area contributed by atoms with Crippen LogP contribution < -0.4 is 11.0 Å². The Morgan fingerprint density at radius 1 is 1.19 bits per heavy atom. The van der Waals surface area contributed by atoms with Crippen molar-refractivity contribution in [3.05, 3.63) is 63.5 Å². The Bertz CT molecular complexity index is 1080. The van der Waals surface area contributed by atoms with E-state index < -0.39 is 11.9 Å². The quantitative estimate of drug-likeness (QED) is 0.739. The third kappa shape index (κ3) is 2.67. The van der Waals surface area contributed by atoms with Crippen molar-refractivity contribution in [1.29, 1.82) is 0 Å². The lowest BCUT2D eigenvalue weighted by Crippen LogP contribution is -2.24. The molecule has 2 aromatic carbocycles. The van der Waals surface area contributed by atoms with Gasteiger partial charge in [-0.3, -0.25) is 4.57 Å². The van der Waals surface area contributed by atoms with Gasteiger partial charge in [0.05, 0.1) is 22.3 Å². The predicted octanol–water partition coefficient (Wildman–Crippen LogP) is 4.44. The highest BCUT2D eigenvalue weighted by atomic mass is 35.5. The zero-order valence-corrected chi connectivity index (χ0v) is 14.7. The van der Waals surface area contributed by atoms with Crippen molar-refractivity contribution in [3.8, 4) is 5.69 Å². The van der Waals surface area contributed by atoms with Crippen LogP contribution in [-0.4, -0.2) is 21.8 Å². The largest absolute Gasteiger partial charge is 0.364 e. The van der Waals surface area contributed by atoms with Gasteiger partial charge in [-0.1, -0.05) is 29.8 Å². The number of para-hydroxylation sites is 1. The fourth-order valence-corrected chi connectivity index (χ4v) is 3.60. The van der Waals surface area contributed by atoms with E-state index >= 15 is 0 Å². The molecule has 132 valence electrons. The molecule has 1 N–H and O–H groups in total. The minimum absolute atomic E-state index is 0.260. The number of aromatic nitrogens is 2. The van der Waals surface area contributed by atoms with Crippen LogP contribution in [0, 0.1) is 0 Å². The van der Waals surface area contributed by atoms with Crippen LogP contribution in [-0.2, 0) is 0 Å². The Morgan fingerprint density at radius 2 is 1.96 bits per heavy atom. The monoisotopic (exact) mass is 369 g/mol. The van der Waals surface area contributed by atoms with E-state index in [2.05, 4.69) is 16.4 Å². The average molecular weight is 370 g/mol. The van der Waals surface area contributed by atoms with Crippen molar-refractivity contribution in [2.45, 2.75) is 37.4 Å². The first-order valence-electron chi connectivity index (χ1n) is 8.84. The molecule has 0 amide bonds. The van der Waals surface area contributed by atoms with E-state index in [1.165, 1.54) is 18.4 Å². The molecule has 0 spiro atoms. The summed E-state index contributed by atoms with van der Waals surface area (Å²) in [6.45, 7) is 0. The van der Waals surface area contributed by atoms with Crippen molar-refractivity contribution < 1.29 is 4.39 Å². The Balaban J connectivity index is 1.76. The van der Waals surface area contributed by atoms with Gasteiger partial charge in [0.15, 0.2) is 0 Å². The highest BCUT2D eigenvalue weighted by Crippen LogP contribution is 2.41. The van der Waals surface area contributed by atoms with E-state index in [1.54, 1.807) is 16.7 Å². The summed E-state index contributed by atoms with van der Waals surface area (Å²) in [4.78, 5) is 17.0. The molecule has 2 aliphatic carbocycles. The number of nitrogens with one attached hydrogen (secondary N) is 1. The van der Waals surface area contributed by atoms with Crippen LogP contribution in [0.3, 0.4) is 0 Å². The van der Waals surface area contributed by atoms with E-state index in [-0.39, 0.29) is 6.04 Å². The molecule has 2 atom stereocenters. The molecule has 6 heteroatoms. The molecule has 0 unspecified atom stereocenters. The first kappa shape index (κ1) is 15.8. The molecule has 0 bridgehead atoms. The van der Waals surface area contributed by atoms with E-state index in [0.29, 0.717) is 28.9 Å². The molecular formula is C20H17ClFN3O. The molecule has 4 nitrogen and oxygen atoms in total. The summed E-state index contributed by atoms with van der Waals surface area (Å²) in [7, 11) is 0. The molecule has 0 radical (unpaired) electrons. The Hall–Kier alpha value is -2.40. The van der Waals surface area contributed by atoms with Gasteiger partial charge >= 0.3 is 5.69 Å². The van der Waals surface area contributed by atoms with Gasteiger partial charge in [-0.15, -0.1) is 0 Å². The number of nitrogens with zero attached hydrogens (tertiary/aromatic N) is 2. The first-order chi connectivity index (χ1) is 12.6. The van der Waals surface area contributed by atoms with Gasteiger partial charge in [-0.2, -0.15) is 4.98 Å². The van der Waals surface area contributed by atoms with Gasteiger partial charge in [-0.05, 0) is 48.6 Å². The average Bonchev–Trinajstić information content (AvgIpc) is 3.54. The maximum Gasteiger partial charge on any atom is 0.354 e. The number of halogens is 2. The normalized spacial score (nSPS) is 21.8. The Morgan fingerprint density at radius 3 is 2.65 bits per heavy atom. The van der Waals surface area contributed by atoms with Crippen molar-refractivity contribution >= 4 is 28.3 Å². The van der Waals surface area contributed by atoms with Crippen molar-refractivity contribution in [2.24, 2.45) is 0 Å². The van der Waals surface area contributed by atoms with Gasteiger partial charge in [0.25, 0.3) is 0 Å². The summed E-state index contributed by atoms with van der Waals surface area (Å²) in [5, 5.41) is 4.36. The fourth-order valence-electron chi connectivity index (χ4n) is 3.38. The standard InChI is InChI=1S/C20H17ClFN3O/c21-14-3-1-2-4-17(14)25-18-9-12(11-5-6-11)7-8-13(18)19(24-20(25)26)23-16-10-15(16)22/h1-4,7-9,11,15-16H,5-6,10H2,(H,23,24,26)/t15-,16-/m0/s1. The minimum Gasteiger partial charge on any atom is -0.364 e. The first-order valence-corrected chi connectivity index (χ1v) is 9.22. The molecule has 1 aromatic heterocycles. The van der Waals surface area contributed by atoms with E-state index in [4.69, 9.17) is 11.6 Å². The highest BCUT2D eigenvalue weighted by Gasteiger charge is 2.38. The van der Waals surface area contributed by atoms with Crippen LogP contribution in [0.5, 0.6) is 0 Å². The van der Waals surface area contributed by atoms with Gasteiger partial charge in [-0.25, -0.2) is 9.18 Å². The van der Waals surface area contributed by atoms with Crippen LogP contribution >= 0.6 is 11.6 Å². The van der Waals surface area contributed by atoms with E-state index in [0.717, 1.165) is 10.9 Å². The van der Waals surface area contributed by atoms with Crippen LogP contribution in [0.1, 0.15) is 30.7 Å². The van der Waals surface area contributed by atoms with Gasteiger partial charge in [0, 0.05) is 11.8 Å². The molecule has 2 saturated carbocycles. The highest BCUT2D eigenvalue weighted by molar-refractivity contribution is 6.32. The van der Waals surface area contributed by atoms with Crippen molar-refractivity contribution in [3.63, 3.8) is 0 Å². The lowest BCUT2D eigenvalue weighted by molar-refractivity contribution is 0.472. The number of anilines is 1. The number of hydrogen-bond donors (Lipinski definition) is 1. The SMILES string of the molecule is O=c1nc(N[C@H]2C[C@@H]2F)c2ccc(C3CC3)cc2n1-c1ccccc1Cl. The van der Waals surface area contributed by atoms with Crippen LogP contribution in [0.4, 0.5) is 10.2 Å². The Kier molecular flexibility index (Phi) is 3.54. The summed E-state index contributed by atoms with van der Waals surface area (Å²) < 4.78 is 14.9. The van der Waals surface area contributed by atoms with Gasteiger partial charge in [0.2, 0.25) is 0 Å². The molecule has 3 aromatic rings. The van der Waals surface area contributed by atoms with E-state index in [1.807, 2.05) is 24.3 Å². The molecule has 1 heterocycles. The minimum atomic E-state index is -0.872. The molecular weight excluding hydrogens is 353 g/mol. The second kappa shape index (κ2) is 5.81. The van der Waals surface area contributed by atoms with Crippen LogP contribution in [0.15, 0.2) is 47.3 Å². The summed E-state index contributed by atoms with van der Waals surface area (Å²) in [5.41, 5.74) is 2.15. The summed E-state index contributed by atoms with van der Waals surface area (Å²) in [5.74, 6) is 0.998. The maximum absolute atomic E-state index is 13.3. The van der Waals surface area contributed by atoms with Crippen LogP contribution in [0.2, 0.25) is 5.02 Å². The number of alkyl halides is 1. The third-order valence-electron chi connectivity index (χ3n) is 5.09. The van der Waals surface area contributed by atoms with E-state index in [9.17, 15) is 9.18 Å². The molecule has 2 fully saturated rings. The molecule has 26 heavy (non-hydrogen) atoms. The van der Waals surface area contributed by atoms with Crippen molar-refractivity contribution in [2.75, 3.05) is 5.32 Å². The second-order valence-corrected chi connectivity index (χ2v) is 7.49. The Labute approximate surface area is 154 Å². The van der Waals surface area contributed by atoms with Crippen LogP contribution in [0.25, 0.3) is 16.6 Å². The van der Waals surface area contributed by atoms with Crippen molar-refractivity contribution in [1.82, 2.24) is 9.55 Å². The zero-order valence-electron chi connectivity index (χ0n) is 14.0. The number of hydrogen-bond acceptors (Lipinski definition) is 3. The lowest BCUT2D eigenvalue weighted by atomic mass is 10.1. The number of fused-ring (bicyclic) bond motifs is 1. The number of benzene rings is 2. The predicted molar refractivity (Wildman–Crippen MR) is 101 cm³/mol. The summed E-state index contributed by atoms with van der Waals surface area (Å²) >= 11 is 6.35. The molecule has 0 aliphatic heterocycles. The number of rotatable bonds is 4. The topological polar surface area (TPSA) is 46.9 Å². The lowest BCUT2D eigenvalue weighted by Gasteiger charge is -2.15. The third-order valence-corrected chi connectivity index (χ3v) is 5.41. The maximum atomic E-state index is 13.3. The molecule has 2 aliphatic rings. The smallest absolute Gasteiger partial charge is 0.354 e. The van der Waals surface area contributed by atoms with Gasteiger partial charge in [0.1, 0.15) is 12.0 Å². The molecule has 5 rings (SSSR count).